The van der Waals surface area contributed by atoms with Gasteiger partial charge in [-0.2, -0.15) is 5.10 Å². The molecule has 0 atom stereocenters. The molecular formula is C21H19N3O. The molecular weight excluding hydrogens is 310 g/mol. The number of fused-ring (bicyclic) bond motifs is 1. The van der Waals surface area contributed by atoms with Crippen molar-refractivity contribution in [2.24, 2.45) is 10.2 Å². The van der Waals surface area contributed by atoms with E-state index in [9.17, 15) is 4.79 Å². The molecule has 4 heteroatoms. The summed E-state index contributed by atoms with van der Waals surface area (Å²) in [4.78, 5) is 12.2. The van der Waals surface area contributed by atoms with Crippen molar-refractivity contribution in [1.82, 2.24) is 0 Å². The quantitative estimate of drug-likeness (QED) is 0.814. The molecule has 2 aromatic rings. The number of carbonyl (C=O) groups excluding carboxylic acids is 1. The van der Waals surface area contributed by atoms with Crippen LogP contribution in [0.2, 0.25) is 0 Å². The molecule has 4 rings (SSSR count). The van der Waals surface area contributed by atoms with Crippen LogP contribution in [0.15, 0.2) is 70.4 Å². The average Bonchev–Trinajstić information content (AvgIpc) is 2.97. The van der Waals surface area contributed by atoms with Gasteiger partial charge in [0.15, 0.2) is 5.71 Å². The van der Waals surface area contributed by atoms with E-state index in [2.05, 4.69) is 33.7 Å². The normalized spacial score (nSPS) is 21.6. The molecule has 0 radical (unpaired) electrons. The maximum atomic E-state index is 12.2. The molecule has 4 nitrogen and oxygen atoms in total. The number of carbonyl (C=O) groups is 1. The number of nitrogens with one attached hydrogen (secondary N) is 1. The summed E-state index contributed by atoms with van der Waals surface area (Å²) >= 11 is 0. The maximum Gasteiger partial charge on any atom is 0.276 e. The second-order valence-corrected chi connectivity index (χ2v) is 6.28. The first-order valence-corrected chi connectivity index (χ1v) is 8.62. The molecule has 0 saturated heterocycles. The summed E-state index contributed by atoms with van der Waals surface area (Å²) in [6.07, 6.45) is 6.36. The Hall–Kier alpha value is -3.01. The fraction of sp³-hybridized carbons (Fsp3) is 0.190. The largest absolute Gasteiger partial charge is 0.320 e. The van der Waals surface area contributed by atoms with Crippen LogP contribution in [0.4, 0.5) is 5.69 Å². The molecule has 1 aliphatic heterocycles. The molecule has 0 spiro atoms. The minimum atomic E-state index is -0.185. The first-order chi connectivity index (χ1) is 12.3. The third kappa shape index (κ3) is 3.29. The molecule has 124 valence electrons. The lowest BCUT2D eigenvalue weighted by Crippen LogP contribution is -2.15. The van der Waals surface area contributed by atoms with Crippen LogP contribution >= 0.6 is 0 Å². The van der Waals surface area contributed by atoms with Gasteiger partial charge < -0.3 is 5.32 Å². The highest BCUT2D eigenvalue weighted by Crippen LogP contribution is 2.25. The zero-order chi connectivity index (χ0) is 17.1. The SMILES string of the molecule is O=C1Nc2ccccc2/C1=N/N=C1CCCCC1=Cc1ccccc1. The van der Waals surface area contributed by atoms with Gasteiger partial charge in [0, 0.05) is 5.56 Å². The molecule has 0 aromatic heterocycles. The van der Waals surface area contributed by atoms with Crippen LogP contribution in [-0.2, 0) is 4.79 Å². The van der Waals surface area contributed by atoms with E-state index in [1.54, 1.807) is 0 Å². The number of amides is 1. The first kappa shape index (κ1) is 15.5. The molecule has 2 aromatic carbocycles. The van der Waals surface area contributed by atoms with Crippen LogP contribution in [0.1, 0.15) is 36.8 Å². The number of anilines is 1. The summed E-state index contributed by atoms with van der Waals surface area (Å²) < 4.78 is 0. The predicted octanol–water partition coefficient (Wildman–Crippen LogP) is 4.44. The second kappa shape index (κ2) is 6.85. The lowest BCUT2D eigenvalue weighted by molar-refractivity contribution is -0.110. The standard InChI is InChI=1S/C21H19N3O/c25-21-20(17-11-5-7-13-19(17)22-21)24-23-18-12-6-4-10-16(18)14-15-8-2-1-3-9-15/h1-3,5,7-9,11,13-14H,4,6,10,12H2,(H,22,24,25). The topological polar surface area (TPSA) is 53.8 Å². The minimum absolute atomic E-state index is 0.185. The number of nitrogens with zero attached hydrogens (tertiary/aromatic N) is 2. The lowest BCUT2D eigenvalue weighted by Gasteiger charge is -2.16. The number of hydrogen-bond acceptors (Lipinski definition) is 3. The Bertz CT molecular complexity index is 894. The van der Waals surface area contributed by atoms with Gasteiger partial charge in [-0.25, -0.2) is 0 Å². The molecule has 1 heterocycles. The van der Waals surface area contributed by atoms with E-state index in [-0.39, 0.29) is 5.91 Å². The van der Waals surface area contributed by atoms with Gasteiger partial charge in [-0.1, -0.05) is 48.5 Å². The predicted molar refractivity (Wildman–Crippen MR) is 102 cm³/mol. The van der Waals surface area contributed by atoms with Crippen molar-refractivity contribution in [3.63, 3.8) is 0 Å². The summed E-state index contributed by atoms with van der Waals surface area (Å²) in [6.45, 7) is 0. The highest BCUT2D eigenvalue weighted by atomic mass is 16.2. The van der Waals surface area contributed by atoms with Crippen molar-refractivity contribution >= 4 is 29.1 Å². The summed E-state index contributed by atoms with van der Waals surface area (Å²) in [5, 5.41) is 11.6. The average molecular weight is 329 g/mol. The Labute approximate surface area is 147 Å². The van der Waals surface area contributed by atoms with E-state index in [4.69, 9.17) is 0 Å². The lowest BCUT2D eigenvalue weighted by atomic mass is 9.91. The van der Waals surface area contributed by atoms with Gasteiger partial charge >= 0.3 is 0 Å². The van der Waals surface area contributed by atoms with E-state index >= 15 is 0 Å². The molecule has 1 fully saturated rings. The number of allylic oxidation sites excluding steroid dienone is 1. The Morgan fingerprint density at radius 3 is 2.52 bits per heavy atom. The zero-order valence-corrected chi connectivity index (χ0v) is 13.9. The fourth-order valence-corrected chi connectivity index (χ4v) is 3.24. The van der Waals surface area contributed by atoms with Gasteiger partial charge in [0.1, 0.15) is 0 Å². The fourth-order valence-electron chi connectivity index (χ4n) is 3.24. The number of hydrogen-bond donors (Lipinski definition) is 1. The van der Waals surface area contributed by atoms with Crippen LogP contribution in [0.25, 0.3) is 6.08 Å². The van der Waals surface area contributed by atoms with Crippen LogP contribution in [0.3, 0.4) is 0 Å². The van der Waals surface area contributed by atoms with E-state index in [1.165, 1.54) is 11.1 Å². The van der Waals surface area contributed by atoms with Gasteiger partial charge in [0.25, 0.3) is 5.91 Å². The van der Waals surface area contributed by atoms with Gasteiger partial charge in [-0.15, -0.1) is 5.10 Å². The highest BCUT2D eigenvalue weighted by Gasteiger charge is 2.25. The van der Waals surface area contributed by atoms with E-state index in [0.29, 0.717) is 5.71 Å². The minimum Gasteiger partial charge on any atom is -0.320 e. The molecule has 1 N–H and O–H groups in total. The van der Waals surface area contributed by atoms with Crippen molar-refractivity contribution in [3.05, 3.63) is 71.3 Å². The third-order valence-electron chi connectivity index (χ3n) is 4.54. The van der Waals surface area contributed by atoms with E-state index in [1.807, 2.05) is 42.5 Å². The molecule has 1 aliphatic carbocycles. The molecule has 25 heavy (non-hydrogen) atoms. The second-order valence-electron chi connectivity index (χ2n) is 6.28. The zero-order valence-electron chi connectivity index (χ0n) is 13.9. The highest BCUT2D eigenvalue weighted by molar-refractivity contribution is 6.53. The van der Waals surface area contributed by atoms with E-state index < -0.39 is 0 Å². The molecule has 1 amide bonds. The Morgan fingerprint density at radius 2 is 1.64 bits per heavy atom. The van der Waals surface area contributed by atoms with E-state index in [0.717, 1.165) is 42.6 Å². The maximum absolute atomic E-state index is 12.2. The monoisotopic (exact) mass is 329 g/mol. The van der Waals surface area contributed by atoms with Crippen molar-refractivity contribution < 1.29 is 4.79 Å². The Morgan fingerprint density at radius 1 is 0.880 bits per heavy atom. The van der Waals surface area contributed by atoms with Crippen LogP contribution < -0.4 is 5.32 Å². The Balaban J connectivity index is 1.67. The third-order valence-corrected chi connectivity index (χ3v) is 4.54. The summed E-state index contributed by atoms with van der Waals surface area (Å²) in [6, 6.07) is 17.8. The number of para-hydroxylation sites is 1. The molecule has 0 bridgehead atoms. The molecule has 2 aliphatic rings. The van der Waals surface area contributed by atoms with Gasteiger partial charge in [0.2, 0.25) is 0 Å². The molecule has 0 unspecified atom stereocenters. The summed E-state index contributed by atoms with van der Waals surface area (Å²) in [5.74, 6) is -0.185. The van der Waals surface area contributed by atoms with Gasteiger partial charge in [-0.3, -0.25) is 4.79 Å². The van der Waals surface area contributed by atoms with Crippen molar-refractivity contribution in [3.8, 4) is 0 Å². The van der Waals surface area contributed by atoms with Gasteiger partial charge in [-0.05, 0) is 49.0 Å². The molecule has 1 saturated carbocycles. The summed E-state index contributed by atoms with van der Waals surface area (Å²) in [5.41, 5.74) is 5.39. The van der Waals surface area contributed by atoms with Gasteiger partial charge in [0.05, 0.1) is 11.4 Å². The first-order valence-electron chi connectivity index (χ1n) is 8.62. The van der Waals surface area contributed by atoms with Crippen molar-refractivity contribution in [2.75, 3.05) is 5.32 Å². The summed E-state index contributed by atoms with van der Waals surface area (Å²) in [7, 11) is 0. The van der Waals surface area contributed by atoms with Crippen molar-refractivity contribution in [2.45, 2.75) is 25.7 Å². The van der Waals surface area contributed by atoms with Crippen molar-refractivity contribution in [1.29, 1.82) is 0 Å². The smallest absolute Gasteiger partial charge is 0.276 e. The van der Waals surface area contributed by atoms with Crippen LogP contribution in [0.5, 0.6) is 0 Å². The Kier molecular flexibility index (Phi) is 4.25. The number of rotatable bonds is 2. The van der Waals surface area contributed by atoms with Crippen LogP contribution in [0, 0.1) is 0 Å². The number of benzene rings is 2. The van der Waals surface area contributed by atoms with Crippen LogP contribution in [-0.4, -0.2) is 17.3 Å².